The van der Waals surface area contributed by atoms with Crippen LogP contribution in [-0.2, 0) is 19.1 Å². The molecule has 0 aromatic rings. The summed E-state index contributed by atoms with van der Waals surface area (Å²) in [6.07, 6.45) is 1.12. The van der Waals surface area contributed by atoms with Gasteiger partial charge in [-0.25, -0.2) is 4.79 Å². The second-order valence-electron chi connectivity index (χ2n) is 7.17. The minimum Gasteiger partial charge on any atom is -0.480 e. The predicted octanol–water partition coefficient (Wildman–Crippen LogP) is 0.688. The standard InChI is InChI=1S/C18H33N3O5S/c1-5-26-18(25)14(10-27-9-13(19)11(2)3)20-12(4)16(22)21-8-6-7-15(21)17(23)24/h11-15,20H,5-10,19H2,1-4H3,(H,23,24)/t12?,13-,14+,15+/m1/s1. The van der Waals surface area contributed by atoms with E-state index in [1.807, 2.05) is 13.8 Å². The number of carboxylic acids is 1. The maximum Gasteiger partial charge on any atom is 0.326 e. The van der Waals surface area contributed by atoms with Gasteiger partial charge in [0.2, 0.25) is 5.91 Å². The van der Waals surface area contributed by atoms with Crippen LogP contribution in [0.1, 0.15) is 40.5 Å². The van der Waals surface area contributed by atoms with E-state index in [2.05, 4.69) is 5.32 Å². The predicted molar refractivity (Wildman–Crippen MR) is 106 cm³/mol. The molecule has 4 atom stereocenters. The molecule has 0 bridgehead atoms. The van der Waals surface area contributed by atoms with Crippen LogP contribution < -0.4 is 11.1 Å². The summed E-state index contributed by atoms with van der Waals surface area (Å²) in [5.41, 5.74) is 6.04. The van der Waals surface area contributed by atoms with E-state index in [1.165, 1.54) is 16.7 Å². The topological polar surface area (TPSA) is 122 Å². The van der Waals surface area contributed by atoms with Crippen molar-refractivity contribution < 1.29 is 24.2 Å². The van der Waals surface area contributed by atoms with Crippen LogP contribution in [0.2, 0.25) is 0 Å². The lowest BCUT2D eigenvalue weighted by Crippen LogP contribution is -2.54. The zero-order valence-corrected chi connectivity index (χ0v) is 17.5. The zero-order chi connectivity index (χ0) is 20.6. The lowest BCUT2D eigenvalue weighted by atomic mass is 10.1. The molecule has 9 heteroatoms. The second-order valence-corrected chi connectivity index (χ2v) is 8.24. The quantitative estimate of drug-likeness (QED) is 0.431. The van der Waals surface area contributed by atoms with E-state index >= 15 is 0 Å². The number of carboxylic acid groups (broad SMARTS) is 1. The van der Waals surface area contributed by atoms with E-state index in [0.717, 1.165) is 0 Å². The maximum atomic E-state index is 12.7. The molecule has 156 valence electrons. The Balaban J connectivity index is 2.68. The molecule has 1 fully saturated rings. The highest BCUT2D eigenvalue weighted by atomic mass is 32.2. The fourth-order valence-corrected chi connectivity index (χ4v) is 4.11. The summed E-state index contributed by atoms with van der Waals surface area (Å²) in [5.74, 6) is -0.246. The Hall–Kier alpha value is -1.32. The van der Waals surface area contributed by atoms with Gasteiger partial charge < -0.3 is 20.5 Å². The first-order chi connectivity index (χ1) is 12.7. The van der Waals surface area contributed by atoms with Gasteiger partial charge in [-0.3, -0.25) is 14.9 Å². The number of carbonyl (C=O) groups excluding carboxylic acids is 2. The minimum atomic E-state index is -0.992. The number of likely N-dealkylation sites (tertiary alicyclic amines) is 1. The minimum absolute atomic E-state index is 0.0258. The van der Waals surface area contributed by atoms with Gasteiger partial charge in [0.05, 0.1) is 12.6 Å². The molecular weight excluding hydrogens is 370 g/mol. The molecule has 8 nitrogen and oxygen atoms in total. The van der Waals surface area contributed by atoms with Gasteiger partial charge in [-0.15, -0.1) is 0 Å². The number of rotatable bonds is 11. The molecule has 1 heterocycles. The number of nitrogens with two attached hydrogens (primary N) is 1. The van der Waals surface area contributed by atoms with E-state index in [4.69, 9.17) is 10.5 Å². The molecule has 1 saturated heterocycles. The molecule has 0 radical (unpaired) electrons. The fourth-order valence-electron chi connectivity index (χ4n) is 2.85. The molecule has 0 spiro atoms. The van der Waals surface area contributed by atoms with Crippen LogP contribution >= 0.6 is 11.8 Å². The molecule has 27 heavy (non-hydrogen) atoms. The van der Waals surface area contributed by atoms with Gasteiger partial charge in [0.15, 0.2) is 0 Å². The average Bonchev–Trinajstić information content (AvgIpc) is 3.09. The number of nitrogens with zero attached hydrogens (tertiary/aromatic N) is 1. The highest BCUT2D eigenvalue weighted by Crippen LogP contribution is 2.19. The normalized spacial score (nSPS) is 20.4. The molecule has 0 aromatic carbocycles. The highest BCUT2D eigenvalue weighted by Gasteiger charge is 2.37. The molecule has 4 N–H and O–H groups in total. The second kappa shape index (κ2) is 11.5. The molecule has 1 amide bonds. The number of ether oxygens (including phenoxy) is 1. The van der Waals surface area contributed by atoms with E-state index in [9.17, 15) is 19.5 Å². The zero-order valence-electron chi connectivity index (χ0n) is 16.6. The van der Waals surface area contributed by atoms with Gasteiger partial charge in [-0.2, -0.15) is 11.8 Å². The van der Waals surface area contributed by atoms with Crippen LogP contribution in [0.25, 0.3) is 0 Å². The lowest BCUT2D eigenvalue weighted by Gasteiger charge is -2.28. The van der Waals surface area contributed by atoms with Gasteiger partial charge in [-0.05, 0) is 32.6 Å². The maximum absolute atomic E-state index is 12.7. The molecule has 0 aliphatic carbocycles. The van der Waals surface area contributed by atoms with Crippen molar-refractivity contribution in [3.8, 4) is 0 Å². The lowest BCUT2D eigenvalue weighted by molar-refractivity contribution is -0.150. The summed E-state index contributed by atoms with van der Waals surface area (Å²) in [5, 5.41) is 12.3. The third-order valence-corrected chi connectivity index (χ3v) is 5.85. The number of carbonyl (C=O) groups is 3. The largest absolute Gasteiger partial charge is 0.480 e. The van der Waals surface area contributed by atoms with Crippen molar-refractivity contribution in [1.82, 2.24) is 10.2 Å². The first kappa shape index (κ1) is 23.7. The Kier molecular flexibility index (Phi) is 10.1. The molecular formula is C18H33N3O5S. The molecule has 1 aliphatic heterocycles. The Morgan fingerprint density at radius 3 is 2.52 bits per heavy atom. The monoisotopic (exact) mass is 403 g/mol. The number of esters is 1. The van der Waals surface area contributed by atoms with E-state index in [-0.39, 0.29) is 18.6 Å². The van der Waals surface area contributed by atoms with Crippen molar-refractivity contribution in [2.45, 2.75) is 64.7 Å². The van der Waals surface area contributed by atoms with Crippen LogP contribution in [0.3, 0.4) is 0 Å². The van der Waals surface area contributed by atoms with Crippen molar-refractivity contribution in [3.05, 3.63) is 0 Å². The Morgan fingerprint density at radius 2 is 1.96 bits per heavy atom. The summed E-state index contributed by atoms with van der Waals surface area (Å²) in [4.78, 5) is 37.6. The first-order valence-electron chi connectivity index (χ1n) is 9.48. The van der Waals surface area contributed by atoms with Crippen LogP contribution in [0, 0.1) is 5.92 Å². The van der Waals surface area contributed by atoms with E-state index < -0.39 is 30.1 Å². The SMILES string of the molecule is CCOC(=O)[C@H](CSC[C@@H](N)C(C)C)NC(C)C(=O)N1CCC[C@H]1C(=O)O. The number of aliphatic carboxylic acids is 1. The van der Waals surface area contributed by atoms with Gasteiger partial charge >= 0.3 is 11.9 Å². The van der Waals surface area contributed by atoms with Crippen molar-refractivity contribution in [3.63, 3.8) is 0 Å². The number of amides is 1. The molecule has 0 saturated carbocycles. The van der Waals surface area contributed by atoms with Crippen molar-refractivity contribution in [2.24, 2.45) is 11.7 Å². The number of thioether (sulfide) groups is 1. The summed E-state index contributed by atoms with van der Waals surface area (Å²) in [6, 6.07) is -2.10. The number of hydrogen-bond acceptors (Lipinski definition) is 7. The highest BCUT2D eigenvalue weighted by molar-refractivity contribution is 7.99. The first-order valence-corrected chi connectivity index (χ1v) is 10.6. The summed E-state index contributed by atoms with van der Waals surface area (Å²) in [7, 11) is 0. The fraction of sp³-hybridized carbons (Fsp3) is 0.833. The Bertz CT molecular complexity index is 517. The summed E-state index contributed by atoms with van der Waals surface area (Å²) < 4.78 is 5.11. The van der Waals surface area contributed by atoms with E-state index in [1.54, 1.807) is 13.8 Å². The summed E-state index contributed by atoms with van der Waals surface area (Å²) in [6.45, 7) is 8.14. The van der Waals surface area contributed by atoms with Crippen LogP contribution in [0.4, 0.5) is 0 Å². The molecule has 1 aliphatic rings. The number of nitrogens with one attached hydrogen (secondary N) is 1. The molecule has 1 unspecified atom stereocenters. The Labute approximate surface area is 165 Å². The smallest absolute Gasteiger partial charge is 0.326 e. The van der Waals surface area contributed by atoms with Crippen LogP contribution in [0.5, 0.6) is 0 Å². The van der Waals surface area contributed by atoms with Gasteiger partial charge in [-0.1, -0.05) is 13.8 Å². The third kappa shape index (κ3) is 7.31. The van der Waals surface area contributed by atoms with E-state index in [0.29, 0.717) is 36.8 Å². The third-order valence-electron chi connectivity index (χ3n) is 4.66. The van der Waals surface area contributed by atoms with Crippen LogP contribution in [0.15, 0.2) is 0 Å². The van der Waals surface area contributed by atoms with Crippen molar-refractivity contribution >= 4 is 29.6 Å². The van der Waals surface area contributed by atoms with Crippen LogP contribution in [-0.4, -0.2) is 76.7 Å². The molecule has 0 aromatic heterocycles. The number of hydrogen-bond donors (Lipinski definition) is 3. The van der Waals surface area contributed by atoms with Crippen molar-refractivity contribution in [2.75, 3.05) is 24.7 Å². The summed E-state index contributed by atoms with van der Waals surface area (Å²) >= 11 is 1.54. The van der Waals surface area contributed by atoms with Gasteiger partial charge in [0, 0.05) is 24.1 Å². The Morgan fingerprint density at radius 1 is 1.30 bits per heavy atom. The van der Waals surface area contributed by atoms with Gasteiger partial charge in [0.1, 0.15) is 12.1 Å². The molecule has 1 rings (SSSR count). The van der Waals surface area contributed by atoms with Crippen molar-refractivity contribution in [1.29, 1.82) is 0 Å². The van der Waals surface area contributed by atoms with Gasteiger partial charge in [0.25, 0.3) is 0 Å². The average molecular weight is 404 g/mol.